The number of allylic oxidation sites excluding steroid dienone is 8. The van der Waals surface area contributed by atoms with Crippen LogP contribution in [0.3, 0.4) is 0 Å². The molecule has 3 aliphatic rings. The molecule has 0 aliphatic heterocycles. The maximum absolute atomic E-state index is 2.24. The third-order valence-electron chi connectivity index (χ3n) is 2.76. The molecule has 0 aromatic rings. The molecule has 0 aromatic carbocycles. The van der Waals surface area contributed by atoms with E-state index in [4.69, 9.17) is 0 Å². The van der Waals surface area contributed by atoms with Gasteiger partial charge in [-0.05, 0) is 34.4 Å². The predicted octanol–water partition coefficient (Wildman–Crippen LogP) is 4.38. The Morgan fingerprint density at radius 2 is 1.19 bits per heavy atom. The van der Waals surface area contributed by atoms with Gasteiger partial charge in [0.15, 0.2) is 0 Å². The Morgan fingerprint density at radius 3 is 1.94 bits per heavy atom. The lowest BCUT2D eigenvalue weighted by atomic mass is 10.1. The number of hydrogen-bond donors (Lipinski definition) is 0. The molecule has 0 fully saturated rings. The van der Waals surface area contributed by atoms with Crippen molar-refractivity contribution in [3.05, 3.63) is 71.9 Å². The minimum absolute atomic E-state index is 1.31. The van der Waals surface area contributed by atoms with Gasteiger partial charge in [-0.3, -0.25) is 0 Å². The maximum Gasteiger partial charge on any atom is -0.00988 e. The quantitative estimate of drug-likeness (QED) is 0.597. The zero-order valence-corrected chi connectivity index (χ0v) is 8.93. The fourth-order valence-electron chi connectivity index (χ4n) is 1.89. The summed E-state index contributed by atoms with van der Waals surface area (Å²) in [5.41, 5.74) is 5.45. The van der Waals surface area contributed by atoms with Crippen molar-refractivity contribution < 1.29 is 0 Å². The average molecular weight is 204 g/mol. The first-order valence-electron chi connectivity index (χ1n) is 5.48. The van der Waals surface area contributed by atoms with Crippen LogP contribution < -0.4 is 0 Å². The van der Waals surface area contributed by atoms with Crippen molar-refractivity contribution in [1.82, 2.24) is 0 Å². The van der Waals surface area contributed by atoms with Crippen LogP contribution in [-0.2, 0) is 0 Å². The van der Waals surface area contributed by atoms with Crippen LogP contribution in [0.2, 0.25) is 0 Å². The minimum atomic E-state index is 1.31. The lowest BCUT2D eigenvalue weighted by Gasteiger charge is -1.92. The topological polar surface area (TPSA) is 0 Å². The molecule has 0 saturated heterocycles. The molecule has 0 atom stereocenters. The lowest BCUT2D eigenvalue weighted by Crippen LogP contribution is -1.71. The van der Waals surface area contributed by atoms with Gasteiger partial charge in [0, 0.05) is 0 Å². The van der Waals surface area contributed by atoms with E-state index in [2.05, 4.69) is 48.6 Å². The highest BCUT2D eigenvalue weighted by Gasteiger charge is 2.19. The zero-order valence-electron chi connectivity index (χ0n) is 8.93. The molecule has 0 heteroatoms. The second kappa shape index (κ2) is 3.82. The van der Waals surface area contributed by atoms with Crippen molar-refractivity contribution in [2.24, 2.45) is 0 Å². The molecular weight excluding hydrogens is 192 g/mol. The summed E-state index contributed by atoms with van der Waals surface area (Å²) in [7, 11) is 0. The summed E-state index contributed by atoms with van der Waals surface area (Å²) in [6, 6.07) is 4.47. The smallest absolute Gasteiger partial charge is 0.00988 e. The predicted molar refractivity (Wildman–Crippen MR) is 70.9 cm³/mol. The van der Waals surface area contributed by atoms with Gasteiger partial charge in [-0.1, -0.05) is 60.8 Å². The van der Waals surface area contributed by atoms with Gasteiger partial charge in [-0.15, -0.1) is 0 Å². The van der Waals surface area contributed by atoms with Crippen molar-refractivity contribution >= 4 is 12.2 Å². The van der Waals surface area contributed by atoms with E-state index in [1.807, 2.05) is 24.3 Å². The Bertz CT molecular complexity index is 564. The van der Waals surface area contributed by atoms with Crippen molar-refractivity contribution in [2.45, 2.75) is 0 Å². The number of fused-ring (bicyclic) bond motifs is 3. The van der Waals surface area contributed by atoms with E-state index in [0.717, 1.165) is 0 Å². The summed E-state index contributed by atoms with van der Waals surface area (Å²) in [5, 5.41) is 0. The van der Waals surface area contributed by atoms with Gasteiger partial charge in [0.2, 0.25) is 0 Å². The SMILES string of the molecule is C1=Cc2c(cc3cc2-3)\C=C/C=C\C=C/C=C\1. The van der Waals surface area contributed by atoms with Crippen LogP contribution in [-0.4, -0.2) is 0 Å². The molecule has 76 valence electrons. The van der Waals surface area contributed by atoms with Gasteiger partial charge in [-0.2, -0.15) is 0 Å². The number of rotatable bonds is 0. The molecule has 16 heavy (non-hydrogen) atoms. The Kier molecular flexibility index (Phi) is 2.19. The van der Waals surface area contributed by atoms with Crippen molar-refractivity contribution in [3.63, 3.8) is 0 Å². The lowest BCUT2D eigenvalue weighted by molar-refractivity contribution is 1.77. The second-order valence-electron chi connectivity index (χ2n) is 3.90. The highest BCUT2D eigenvalue weighted by Crippen LogP contribution is 2.42. The summed E-state index contributed by atoms with van der Waals surface area (Å²) < 4.78 is 0. The summed E-state index contributed by atoms with van der Waals surface area (Å²) in [4.78, 5) is 0. The largest absolute Gasteiger partial charge is 0.0623 e. The van der Waals surface area contributed by atoms with Crippen molar-refractivity contribution in [1.29, 1.82) is 0 Å². The number of hydrogen-bond acceptors (Lipinski definition) is 0. The van der Waals surface area contributed by atoms with Crippen LogP contribution in [0.1, 0.15) is 11.1 Å². The molecule has 0 heterocycles. The van der Waals surface area contributed by atoms with Crippen LogP contribution in [0.15, 0.2) is 60.7 Å². The fraction of sp³-hybridized carbons (Fsp3) is 0. The highest BCUT2D eigenvalue weighted by molar-refractivity contribution is 5.95. The molecule has 0 bridgehead atoms. The molecule has 0 amide bonds. The number of benzene rings is 1. The molecule has 0 N–H and O–H groups in total. The van der Waals surface area contributed by atoms with Crippen LogP contribution in [0.5, 0.6) is 0 Å². The van der Waals surface area contributed by atoms with Crippen molar-refractivity contribution in [2.75, 3.05) is 0 Å². The Hall–Kier alpha value is -2.08. The molecule has 3 aliphatic carbocycles. The van der Waals surface area contributed by atoms with Gasteiger partial charge in [0.05, 0.1) is 0 Å². The van der Waals surface area contributed by atoms with Gasteiger partial charge in [0.1, 0.15) is 0 Å². The third kappa shape index (κ3) is 1.70. The molecular formula is C16H12. The summed E-state index contributed by atoms with van der Waals surface area (Å²) >= 11 is 0. The maximum atomic E-state index is 2.24. The van der Waals surface area contributed by atoms with E-state index in [1.54, 1.807) is 0 Å². The minimum Gasteiger partial charge on any atom is -0.0623 e. The molecule has 0 saturated carbocycles. The van der Waals surface area contributed by atoms with Crippen LogP contribution >= 0.6 is 0 Å². The van der Waals surface area contributed by atoms with E-state index in [-0.39, 0.29) is 0 Å². The molecule has 0 aromatic heterocycles. The normalized spacial score (nSPS) is 23.5. The summed E-state index contributed by atoms with van der Waals surface area (Å²) in [5.74, 6) is 0. The average Bonchev–Trinajstić information content (AvgIpc) is 2.95. The van der Waals surface area contributed by atoms with E-state index < -0.39 is 0 Å². The van der Waals surface area contributed by atoms with Gasteiger partial charge in [-0.25, -0.2) is 0 Å². The first kappa shape index (κ1) is 9.17. The standard InChI is InChI=1S/C16H12/c1-2-4-6-8-10-15-13(9-7-5-3-1)11-14-12-16(14)15/h1-12H/b2-1-,3-1?,4-2?,5-3-,6-4-,7-5?,8-6?,9-7-,10-8?,13-9?,15-10?. The van der Waals surface area contributed by atoms with Crippen LogP contribution in [0.25, 0.3) is 23.3 Å². The molecule has 0 spiro atoms. The van der Waals surface area contributed by atoms with E-state index in [1.165, 1.54) is 22.3 Å². The highest BCUT2D eigenvalue weighted by atomic mass is 14.2. The van der Waals surface area contributed by atoms with Gasteiger partial charge < -0.3 is 0 Å². The monoisotopic (exact) mass is 204 g/mol. The van der Waals surface area contributed by atoms with Crippen LogP contribution in [0, 0.1) is 0 Å². The van der Waals surface area contributed by atoms with E-state index in [0.29, 0.717) is 0 Å². The Morgan fingerprint density at radius 1 is 0.562 bits per heavy atom. The van der Waals surface area contributed by atoms with E-state index in [9.17, 15) is 0 Å². The summed E-state index contributed by atoms with van der Waals surface area (Å²) in [6.07, 6.45) is 20.8. The van der Waals surface area contributed by atoms with Crippen LogP contribution in [0.4, 0.5) is 0 Å². The third-order valence-corrected chi connectivity index (χ3v) is 2.76. The first-order valence-corrected chi connectivity index (χ1v) is 5.48. The van der Waals surface area contributed by atoms with Crippen molar-refractivity contribution in [3.8, 4) is 11.1 Å². The van der Waals surface area contributed by atoms with Gasteiger partial charge in [0.25, 0.3) is 0 Å². The molecule has 0 unspecified atom stereocenters. The Balaban J connectivity index is 2.02. The Labute approximate surface area is 95.6 Å². The fourth-order valence-corrected chi connectivity index (χ4v) is 1.89. The summed E-state index contributed by atoms with van der Waals surface area (Å²) in [6.45, 7) is 0. The van der Waals surface area contributed by atoms with Gasteiger partial charge >= 0.3 is 0 Å². The second-order valence-corrected chi connectivity index (χ2v) is 3.90. The molecule has 0 radical (unpaired) electrons. The van der Waals surface area contributed by atoms with E-state index >= 15 is 0 Å². The molecule has 3 rings (SSSR count). The first-order chi connectivity index (χ1) is 7.95. The molecule has 0 nitrogen and oxygen atoms in total. The zero-order chi connectivity index (χ0) is 10.8.